The largest absolute Gasteiger partial charge is 0.478 e. The number of aromatic carboxylic acids is 1. The van der Waals surface area contributed by atoms with E-state index < -0.39 is 5.97 Å². The lowest BCUT2D eigenvalue weighted by Gasteiger charge is -2.29. The highest BCUT2D eigenvalue weighted by Gasteiger charge is 2.23. The number of morpholine rings is 1. The number of rotatable bonds is 3. The average Bonchev–Trinajstić information content (AvgIpc) is 2.37. The van der Waals surface area contributed by atoms with Crippen LogP contribution >= 0.6 is 0 Å². The van der Waals surface area contributed by atoms with Crippen LogP contribution in [0.2, 0.25) is 0 Å². The molecule has 1 saturated heterocycles. The summed E-state index contributed by atoms with van der Waals surface area (Å²) in [6, 6.07) is 0. The number of aromatic nitrogens is 2. The van der Waals surface area contributed by atoms with Gasteiger partial charge in [0.15, 0.2) is 5.82 Å². The van der Waals surface area contributed by atoms with Crippen molar-refractivity contribution in [2.45, 2.75) is 19.4 Å². The topological polar surface area (TPSA) is 75.5 Å². The first-order valence-corrected chi connectivity index (χ1v) is 6.01. The third kappa shape index (κ3) is 2.65. The number of carbonyl (C=O) groups is 1. The van der Waals surface area contributed by atoms with Crippen molar-refractivity contribution in [3.05, 3.63) is 23.3 Å². The van der Waals surface area contributed by atoms with Gasteiger partial charge in [0.05, 0.1) is 17.9 Å². The summed E-state index contributed by atoms with van der Waals surface area (Å²) in [6.45, 7) is 4.15. The van der Waals surface area contributed by atoms with Crippen molar-refractivity contribution in [2.75, 3.05) is 26.7 Å². The zero-order valence-electron chi connectivity index (χ0n) is 10.6. The second-order valence-corrected chi connectivity index (χ2v) is 4.37. The maximum atomic E-state index is 11.0. The van der Waals surface area contributed by atoms with Crippen LogP contribution in [-0.4, -0.2) is 52.7 Å². The molecule has 1 aromatic rings. The number of hydrogen-bond donors (Lipinski definition) is 1. The summed E-state index contributed by atoms with van der Waals surface area (Å²) in [7, 11) is 2.02. The highest BCUT2D eigenvalue weighted by Crippen LogP contribution is 2.19. The molecule has 1 aliphatic heterocycles. The normalized spacial score (nSPS) is 20.9. The van der Waals surface area contributed by atoms with Gasteiger partial charge >= 0.3 is 5.97 Å². The summed E-state index contributed by atoms with van der Waals surface area (Å²) in [4.78, 5) is 21.6. The average molecular weight is 251 g/mol. The zero-order valence-corrected chi connectivity index (χ0v) is 10.6. The fourth-order valence-electron chi connectivity index (χ4n) is 1.97. The van der Waals surface area contributed by atoms with Crippen LogP contribution in [0.25, 0.3) is 0 Å². The molecule has 0 aromatic carbocycles. The predicted molar refractivity (Wildman–Crippen MR) is 64.6 cm³/mol. The van der Waals surface area contributed by atoms with Gasteiger partial charge in [-0.3, -0.25) is 0 Å². The summed E-state index contributed by atoms with van der Waals surface area (Å²) in [6.07, 6.45) is 1.78. The minimum absolute atomic E-state index is 0.170. The summed E-state index contributed by atoms with van der Waals surface area (Å²) in [5.74, 6) is -0.413. The molecule has 6 heteroatoms. The van der Waals surface area contributed by atoms with Gasteiger partial charge in [-0.1, -0.05) is 6.92 Å². The standard InChI is InChI=1S/C12H17N3O3/c1-3-9-8(12(16)17)6-13-11(14-9)10-7-15(2)4-5-18-10/h6,10H,3-5,7H2,1-2H3,(H,16,17). The van der Waals surface area contributed by atoms with E-state index in [1.54, 1.807) is 0 Å². The minimum Gasteiger partial charge on any atom is -0.478 e. The quantitative estimate of drug-likeness (QED) is 0.854. The lowest BCUT2D eigenvalue weighted by Crippen LogP contribution is -2.36. The fraction of sp³-hybridized carbons (Fsp3) is 0.583. The molecule has 1 aromatic heterocycles. The second kappa shape index (κ2) is 5.41. The summed E-state index contributed by atoms with van der Waals surface area (Å²) >= 11 is 0. The molecular formula is C12H17N3O3. The molecule has 98 valence electrons. The number of carboxylic acid groups (broad SMARTS) is 1. The van der Waals surface area contributed by atoms with Crippen molar-refractivity contribution < 1.29 is 14.6 Å². The van der Waals surface area contributed by atoms with E-state index in [0.717, 1.165) is 13.1 Å². The predicted octanol–water partition coefficient (Wildman–Crippen LogP) is 0.740. The Bertz CT molecular complexity index is 450. The molecular weight excluding hydrogens is 234 g/mol. The molecule has 1 fully saturated rings. The molecule has 2 rings (SSSR count). The SMILES string of the molecule is CCc1nc(C2CN(C)CCO2)ncc1C(=O)O. The number of ether oxygens (including phenoxy) is 1. The molecule has 0 amide bonds. The van der Waals surface area contributed by atoms with E-state index in [-0.39, 0.29) is 11.7 Å². The summed E-state index contributed by atoms with van der Waals surface area (Å²) in [5.41, 5.74) is 0.731. The maximum Gasteiger partial charge on any atom is 0.339 e. The van der Waals surface area contributed by atoms with E-state index in [0.29, 0.717) is 24.5 Å². The summed E-state index contributed by atoms with van der Waals surface area (Å²) < 4.78 is 5.62. The number of aryl methyl sites for hydroxylation is 1. The Balaban J connectivity index is 2.26. The van der Waals surface area contributed by atoms with Gasteiger partial charge in [0, 0.05) is 19.3 Å². The lowest BCUT2D eigenvalue weighted by atomic mass is 10.1. The lowest BCUT2D eigenvalue weighted by molar-refractivity contribution is -0.0256. The molecule has 0 saturated carbocycles. The van der Waals surface area contributed by atoms with Crippen molar-refractivity contribution in [1.82, 2.24) is 14.9 Å². The first kappa shape index (κ1) is 12.9. The van der Waals surface area contributed by atoms with Crippen molar-refractivity contribution >= 4 is 5.97 Å². The van der Waals surface area contributed by atoms with E-state index in [1.807, 2.05) is 14.0 Å². The Hall–Kier alpha value is -1.53. The smallest absolute Gasteiger partial charge is 0.339 e. The van der Waals surface area contributed by atoms with Gasteiger partial charge in [-0.05, 0) is 13.5 Å². The van der Waals surface area contributed by atoms with Gasteiger partial charge < -0.3 is 14.7 Å². The highest BCUT2D eigenvalue weighted by atomic mass is 16.5. The third-order valence-electron chi connectivity index (χ3n) is 3.01. The van der Waals surface area contributed by atoms with Crippen LogP contribution in [0.1, 0.15) is 34.9 Å². The molecule has 0 radical (unpaired) electrons. The first-order valence-electron chi connectivity index (χ1n) is 6.01. The van der Waals surface area contributed by atoms with Crippen LogP contribution in [0, 0.1) is 0 Å². The number of nitrogens with zero attached hydrogens (tertiary/aromatic N) is 3. The van der Waals surface area contributed by atoms with Crippen molar-refractivity contribution in [2.24, 2.45) is 0 Å². The van der Waals surface area contributed by atoms with E-state index in [2.05, 4.69) is 14.9 Å². The minimum atomic E-state index is -0.986. The van der Waals surface area contributed by atoms with E-state index in [4.69, 9.17) is 9.84 Å². The molecule has 6 nitrogen and oxygen atoms in total. The second-order valence-electron chi connectivity index (χ2n) is 4.37. The van der Waals surface area contributed by atoms with E-state index in [9.17, 15) is 4.79 Å². The molecule has 1 aliphatic rings. The molecule has 2 heterocycles. The Kier molecular flexibility index (Phi) is 3.88. The Morgan fingerprint density at radius 1 is 1.67 bits per heavy atom. The monoisotopic (exact) mass is 251 g/mol. The van der Waals surface area contributed by atoms with E-state index >= 15 is 0 Å². The Labute approximate surface area is 106 Å². The van der Waals surface area contributed by atoms with E-state index in [1.165, 1.54) is 6.20 Å². The zero-order chi connectivity index (χ0) is 13.1. The van der Waals surface area contributed by atoms with Crippen molar-refractivity contribution in [3.63, 3.8) is 0 Å². The molecule has 0 bridgehead atoms. The van der Waals surface area contributed by atoms with Crippen LogP contribution in [0.15, 0.2) is 6.20 Å². The van der Waals surface area contributed by atoms with Crippen LogP contribution < -0.4 is 0 Å². The molecule has 18 heavy (non-hydrogen) atoms. The van der Waals surface area contributed by atoms with Gasteiger partial charge in [0.1, 0.15) is 6.10 Å². The first-order chi connectivity index (χ1) is 8.61. The van der Waals surface area contributed by atoms with Gasteiger partial charge in [-0.2, -0.15) is 0 Å². The number of hydrogen-bond acceptors (Lipinski definition) is 5. The highest BCUT2D eigenvalue weighted by molar-refractivity contribution is 5.88. The molecule has 0 spiro atoms. The summed E-state index contributed by atoms with van der Waals surface area (Å²) in [5, 5.41) is 9.02. The third-order valence-corrected chi connectivity index (χ3v) is 3.01. The maximum absolute atomic E-state index is 11.0. The Morgan fingerprint density at radius 2 is 2.44 bits per heavy atom. The number of carboxylic acids is 1. The van der Waals surface area contributed by atoms with Gasteiger partial charge in [0.2, 0.25) is 0 Å². The van der Waals surface area contributed by atoms with Gasteiger partial charge in [-0.25, -0.2) is 14.8 Å². The van der Waals surface area contributed by atoms with Gasteiger partial charge in [0.25, 0.3) is 0 Å². The van der Waals surface area contributed by atoms with Crippen LogP contribution in [0.4, 0.5) is 0 Å². The number of likely N-dealkylation sites (N-methyl/N-ethyl adjacent to an activating group) is 1. The van der Waals surface area contributed by atoms with Gasteiger partial charge in [-0.15, -0.1) is 0 Å². The molecule has 1 N–H and O–H groups in total. The molecule has 1 unspecified atom stereocenters. The van der Waals surface area contributed by atoms with Crippen LogP contribution in [0.3, 0.4) is 0 Å². The fourth-order valence-corrected chi connectivity index (χ4v) is 1.97. The van der Waals surface area contributed by atoms with Crippen molar-refractivity contribution in [1.29, 1.82) is 0 Å². The van der Waals surface area contributed by atoms with Crippen LogP contribution in [-0.2, 0) is 11.2 Å². The molecule has 0 aliphatic carbocycles. The van der Waals surface area contributed by atoms with Crippen molar-refractivity contribution in [3.8, 4) is 0 Å². The molecule has 1 atom stereocenters. The Morgan fingerprint density at radius 3 is 3.06 bits per heavy atom. The van der Waals surface area contributed by atoms with Crippen LogP contribution in [0.5, 0.6) is 0 Å².